The fourth-order valence-electron chi connectivity index (χ4n) is 1.43. The summed E-state index contributed by atoms with van der Waals surface area (Å²) in [6.45, 7) is 0. The third-order valence-electron chi connectivity index (χ3n) is 2.32. The smallest absolute Gasteiger partial charge is 0.336 e. The number of rotatable bonds is 3. The number of hydrogen-bond acceptors (Lipinski definition) is 2. The van der Waals surface area contributed by atoms with Crippen molar-refractivity contribution < 1.29 is 9.53 Å². The van der Waals surface area contributed by atoms with Crippen LogP contribution in [0.5, 0.6) is 5.75 Å². The third-order valence-corrected chi connectivity index (χ3v) is 3.10. The van der Waals surface area contributed by atoms with E-state index in [0.717, 1.165) is 10.0 Å². The van der Waals surface area contributed by atoms with Gasteiger partial charge in [-0.3, -0.25) is 0 Å². The Labute approximate surface area is 124 Å². The molecular formula is C15H10BrClO2. The molecule has 0 atom stereocenters. The van der Waals surface area contributed by atoms with Crippen LogP contribution in [0, 0.1) is 0 Å². The van der Waals surface area contributed by atoms with Crippen molar-refractivity contribution in [2.75, 3.05) is 0 Å². The molecule has 4 heteroatoms. The number of benzene rings is 2. The first-order chi connectivity index (χ1) is 9.15. The maximum atomic E-state index is 11.6. The van der Waals surface area contributed by atoms with Crippen LogP contribution in [0.3, 0.4) is 0 Å². The van der Waals surface area contributed by atoms with Crippen LogP contribution in [0.1, 0.15) is 5.56 Å². The quantitative estimate of drug-likeness (QED) is 0.460. The highest BCUT2D eigenvalue weighted by atomic mass is 79.9. The zero-order valence-electron chi connectivity index (χ0n) is 9.85. The van der Waals surface area contributed by atoms with Crippen molar-refractivity contribution in [3.8, 4) is 5.75 Å². The Kier molecular flexibility index (Phi) is 4.77. The molecule has 0 bridgehead atoms. The predicted octanol–water partition coefficient (Wildman–Crippen LogP) is 4.72. The van der Waals surface area contributed by atoms with E-state index in [4.69, 9.17) is 16.3 Å². The minimum Gasteiger partial charge on any atom is -0.422 e. The van der Waals surface area contributed by atoms with E-state index in [1.165, 1.54) is 6.08 Å². The molecule has 0 aromatic heterocycles. The second-order valence-electron chi connectivity index (χ2n) is 3.74. The molecule has 0 unspecified atom stereocenters. The molecule has 0 aliphatic carbocycles. The molecule has 96 valence electrons. The van der Waals surface area contributed by atoms with Gasteiger partial charge >= 0.3 is 5.97 Å². The van der Waals surface area contributed by atoms with E-state index in [9.17, 15) is 4.79 Å². The molecule has 0 saturated heterocycles. The maximum Gasteiger partial charge on any atom is 0.336 e. The summed E-state index contributed by atoms with van der Waals surface area (Å²) in [5.74, 6) is -0.124. The normalized spacial score (nSPS) is 10.6. The molecular weight excluding hydrogens is 328 g/mol. The van der Waals surface area contributed by atoms with Crippen molar-refractivity contribution in [2.45, 2.75) is 0 Å². The molecule has 2 aromatic carbocycles. The summed E-state index contributed by atoms with van der Waals surface area (Å²) in [7, 11) is 0. The minimum atomic E-state index is -0.465. The molecule has 0 aliphatic rings. The lowest BCUT2D eigenvalue weighted by atomic mass is 10.2. The molecule has 19 heavy (non-hydrogen) atoms. The summed E-state index contributed by atoms with van der Waals surface area (Å²) in [6.07, 6.45) is 3.06. The maximum absolute atomic E-state index is 11.6. The van der Waals surface area contributed by atoms with E-state index in [-0.39, 0.29) is 0 Å². The van der Waals surface area contributed by atoms with E-state index in [1.54, 1.807) is 24.3 Å². The van der Waals surface area contributed by atoms with E-state index in [1.807, 2.05) is 30.3 Å². The van der Waals surface area contributed by atoms with Gasteiger partial charge in [0.1, 0.15) is 5.75 Å². The Balaban J connectivity index is 2.04. The monoisotopic (exact) mass is 336 g/mol. The lowest BCUT2D eigenvalue weighted by Gasteiger charge is -2.03. The van der Waals surface area contributed by atoms with Crippen molar-refractivity contribution in [2.24, 2.45) is 0 Å². The first-order valence-corrected chi connectivity index (χ1v) is 6.72. The largest absolute Gasteiger partial charge is 0.422 e. The first-order valence-electron chi connectivity index (χ1n) is 5.55. The zero-order valence-corrected chi connectivity index (χ0v) is 12.2. The number of carbonyl (C=O) groups excluding carboxylic acids is 1. The van der Waals surface area contributed by atoms with Crippen LogP contribution in [0.15, 0.2) is 59.1 Å². The molecule has 0 heterocycles. The molecule has 0 amide bonds. The van der Waals surface area contributed by atoms with Crippen molar-refractivity contribution in [1.29, 1.82) is 0 Å². The Morgan fingerprint density at radius 2 is 1.89 bits per heavy atom. The number of ether oxygens (including phenoxy) is 1. The molecule has 0 radical (unpaired) electrons. The highest BCUT2D eigenvalue weighted by molar-refractivity contribution is 9.10. The Morgan fingerprint density at radius 3 is 2.58 bits per heavy atom. The summed E-state index contributed by atoms with van der Waals surface area (Å²) >= 11 is 9.24. The molecule has 2 aromatic rings. The molecule has 2 rings (SSSR count). The predicted molar refractivity (Wildman–Crippen MR) is 80.3 cm³/mol. The molecule has 0 spiro atoms. The van der Waals surface area contributed by atoms with Gasteiger partial charge in [-0.15, -0.1) is 0 Å². The van der Waals surface area contributed by atoms with Gasteiger partial charge in [-0.2, -0.15) is 0 Å². The summed E-state index contributed by atoms with van der Waals surface area (Å²) in [6, 6.07) is 14.6. The number of halogens is 2. The van der Waals surface area contributed by atoms with Crippen molar-refractivity contribution in [3.63, 3.8) is 0 Å². The summed E-state index contributed by atoms with van der Waals surface area (Å²) in [5, 5.41) is 0.385. The van der Waals surface area contributed by atoms with Gasteiger partial charge in [-0.1, -0.05) is 57.9 Å². The van der Waals surface area contributed by atoms with Crippen LogP contribution >= 0.6 is 27.5 Å². The second-order valence-corrected chi connectivity index (χ2v) is 5.06. The Hall–Kier alpha value is -1.58. The van der Waals surface area contributed by atoms with Gasteiger partial charge < -0.3 is 4.74 Å². The van der Waals surface area contributed by atoms with Crippen molar-refractivity contribution in [1.82, 2.24) is 0 Å². The van der Waals surface area contributed by atoms with Gasteiger partial charge in [0.25, 0.3) is 0 Å². The Morgan fingerprint density at radius 1 is 1.16 bits per heavy atom. The summed E-state index contributed by atoms with van der Waals surface area (Å²) < 4.78 is 5.97. The van der Waals surface area contributed by atoms with Crippen LogP contribution in [0.4, 0.5) is 0 Å². The number of carbonyl (C=O) groups is 1. The average molecular weight is 338 g/mol. The number of esters is 1. The molecule has 0 N–H and O–H groups in total. The Bertz CT molecular complexity index is 609. The van der Waals surface area contributed by atoms with Crippen molar-refractivity contribution in [3.05, 3.63) is 69.7 Å². The van der Waals surface area contributed by atoms with E-state index in [2.05, 4.69) is 15.9 Å². The van der Waals surface area contributed by atoms with E-state index >= 15 is 0 Å². The van der Waals surface area contributed by atoms with Gasteiger partial charge in [-0.05, 0) is 29.8 Å². The van der Waals surface area contributed by atoms with Crippen molar-refractivity contribution >= 4 is 39.6 Å². The average Bonchev–Trinajstić information content (AvgIpc) is 2.41. The van der Waals surface area contributed by atoms with Crippen LogP contribution in [0.25, 0.3) is 6.08 Å². The van der Waals surface area contributed by atoms with Crippen LogP contribution in [0.2, 0.25) is 5.02 Å². The SMILES string of the molecule is O=C(/C=C/c1ccccc1)Oc1ccc(Br)cc1Cl. The molecule has 0 aliphatic heterocycles. The second kappa shape index (κ2) is 6.55. The fraction of sp³-hybridized carbons (Fsp3) is 0. The van der Waals surface area contributed by atoms with Gasteiger partial charge in [0.2, 0.25) is 0 Å². The van der Waals surface area contributed by atoms with Gasteiger partial charge in [0.05, 0.1) is 5.02 Å². The summed E-state index contributed by atoms with van der Waals surface area (Å²) in [5.41, 5.74) is 0.932. The highest BCUT2D eigenvalue weighted by Gasteiger charge is 2.05. The summed E-state index contributed by atoms with van der Waals surface area (Å²) in [4.78, 5) is 11.6. The first kappa shape index (κ1) is 13.8. The lowest BCUT2D eigenvalue weighted by Crippen LogP contribution is -2.03. The fourth-order valence-corrected chi connectivity index (χ4v) is 2.14. The van der Waals surface area contributed by atoms with E-state index in [0.29, 0.717) is 10.8 Å². The lowest BCUT2D eigenvalue weighted by molar-refractivity contribution is -0.128. The van der Waals surface area contributed by atoms with Crippen LogP contribution in [-0.4, -0.2) is 5.97 Å². The topological polar surface area (TPSA) is 26.3 Å². The van der Waals surface area contributed by atoms with Crippen LogP contribution < -0.4 is 4.74 Å². The molecule has 0 fully saturated rings. The van der Waals surface area contributed by atoms with Crippen LogP contribution in [-0.2, 0) is 4.79 Å². The van der Waals surface area contributed by atoms with E-state index < -0.39 is 5.97 Å². The van der Waals surface area contributed by atoms with Gasteiger partial charge in [0, 0.05) is 10.5 Å². The number of hydrogen-bond donors (Lipinski definition) is 0. The standard InChI is InChI=1S/C15H10BrClO2/c16-12-7-8-14(13(17)10-12)19-15(18)9-6-11-4-2-1-3-5-11/h1-10H/b9-6+. The minimum absolute atomic E-state index is 0.340. The highest BCUT2D eigenvalue weighted by Crippen LogP contribution is 2.27. The molecule has 2 nitrogen and oxygen atoms in total. The van der Waals surface area contributed by atoms with Gasteiger partial charge in [-0.25, -0.2) is 4.79 Å². The third kappa shape index (κ3) is 4.23. The van der Waals surface area contributed by atoms with Gasteiger partial charge in [0.15, 0.2) is 0 Å². The molecule has 0 saturated carbocycles. The zero-order chi connectivity index (χ0) is 13.7.